The maximum absolute atomic E-state index is 12.7. The van der Waals surface area contributed by atoms with Crippen molar-refractivity contribution in [3.05, 3.63) is 28.7 Å². The van der Waals surface area contributed by atoms with E-state index in [9.17, 15) is 19.5 Å². The third-order valence-corrected chi connectivity index (χ3v) is 8.72. The Bertz CT molecular complexity index is 1070. The minimum absolute atomic E-state index is 0.00673. The van der Waals surface area contributed by atoms with E-state index in [1.807, 2.05) is 13.2 Å². The van der Waals surface area contributed by atoms with E-state index in [0.717, 1.165) is 9.35 Å². The number of hydrogen-bond acceptors (Lipinski definition) is 10. The van der Waals surface area contributed by atoms with E-state index in [-0.39, 0.29) is 18.1 Å². The Morgan fingerprint density at radius 3 is 2.87 bits per heavy atom. The third-order valence-electron chi connectivity index (χ3n) is 4.62. The van der Waals surface area contributed by atoms with Gasteiger partial charge in [-0.25, -0.2) is 9.78 Å². The molecule has 10 nitrogen and oxygen atoms in total. The van der Waals surface area contributed by atoms with Crippen LogP contribution in [-0.4, -0.2) is 76.7 Å². The molecule has 0 bridgehead atoms. The molecule has 0 spiro atoms. The van der Waals surface area contributed by atoms with Gasteiger partial charge in [0.15, 0.2) is 9.50 Å². The first-order valence-electron chi connectivity index (χ1n) is 9.06. The molecule has 2 N–H and O–H groups in total. The predicted octanol–water partition coefficient (Wildman–Crippen LogP) is 1.30. The number of rotatable bonds is 8. The molecule has 31 heavy (non-hydrogen) atoms. The molecule has 2 aliphatic rings. The molecular weight excluding hydrogens is 480 g/mol. The second kappa shape index (κ2) is 9.22. The van der Waals surface area contributed by atoms with Gasteiger partial charge in [-0.05, 0) is 18.8 Å². The fourth-order valence-corrected chi connectivity index (χ4v) is 7.09. The SMILES string of the molecule is CSc1nccn1CC(=O)NC1C(=O)N2C(C(=O)O)=C(CSc3nnc(C)s3)CSC12. The van der Waals surface area contributed by atoms with E-state index >= 15 is 0 Å². The maximum Gasteiger partial charge on any atom is 0.352 e. The average molecular weight is 499 g/mol. The molecule has 2 aliphatic heterocycles. The van der Waals surface area contributed by atoms with Crippen LogP contribution in [0, 0.1) is 6.92 Å². The van der Waals surface area contributed by atoms with Gasteiger partial charge in [0.1, 0.15) is 28.7 Å². The number of carbonyl (C=O) groups is 3. The Morgan fingerprint density at radius 1 is 1.39 bits per heavy atom. The van der Waals surface area contributed by atoms with Gasteiger partial charge in [0.05, 0.1) is 0 Å². The van der Waals surface area contributed by atoms with Crippen LogP contribution in [0.4, 0.5) is 0 Å². The zero-order valence-corrected chi connectivity index (χ0v) is 19.7. The predicted molar refractivity (Wildman–Crippen MR) is 119 cm³/mol. The molecule has 4 heterocycles. The average Bonchev–Trinajstić information content (AvgIpc) is 3.37. The van der Waals surface area contributed by atoms with Crippen LogP contribution in [0.25, 0.3) is 0 Å². The van der Waals surface area contributed by atoms with Crippen LogP contribution in [0.5, 0.6) is 0 Å². The number of amides is 2. The molecule has 0 aliphatic carbocycles. The maximum atomic E-state index is 12.7. The number of carbonyl (C=O) groups excluding carboxylic acids is 2. The molecule has 1 saturated heterocycles. The zero-order valence-electron chi connectivity index (χ0n) is 16.5. The number of fused-ring (bicyclic) bond motifs is 1. The molecule has 0 aromatic carbocycles. The topological polar surface area (TPSA) is 130 Å². The quantitative estimate of drug-likeness (QED) is 0.406. The Balaban J connectivity index is 1.43. The summed E-state index contributed by atoms with van der Waals surface area (Å²) >= 11 is 5.72. The number of hydrogen-bond donors (Lipinski definition) is 2. The van der Waals surface area contributed by atoms with Crippen molar-refractivity contribution < 1.29 is 19.5 Å². The highest BCUT2D eigenvalue weighted by Crippen LogP contribution is 2.41. The minimum Gasteiger partial charge on any atom is -0.477 e. The number of nitrogens with zero attached hydrogens (tertiary/aromatic N) is 5. The number of imidazole rings is 1. The number of carboxylic acid groups (broad SMARTS) is 1. The van der Waals surface area contributed by atoms with Crippen molar-refractivity contribution in [1.29, 1.82) is 0 Å². The van der Waals surface area contributed by atoms with Crippen molar-refractivity contribution in [3.8, 4) is 0 Å². The summed E-state index contributed by atoms with van der Waals surface area (Å²) in [6.45, 7) is 1.90. The molecule has 164 valence electrons. The molecular formula is C17H18N6O4S4. The summed E-state index contributed by atoms with van der Waals surface area (Å²) in [5, 5.41) is 21.6. The molecule has 2 amide bonds. The van der Waals surface area contributed by atoms with E-state index in [0.29, 0.717) is 22.2 Å². The molecule has 2 aromatic rings. The summed E-state index contributed by atoms with van der Waals surface area (Å²) in [6, 6.07) is -0.742. The summed E-state index contributed by atoms with van der Waals surface area (Å²) in [6.07, 6.45) is 5.17. The van der Waals surface area contributed by atoms with Crippen molar-refractivity contribution in [1.82, 2.24) is 30.0 Å². The van der Waals surface area contributed by atoms with Crippen LogP contribution in [0.1, 0.15) is 5.01 Å². The number of thioether (sulfide) groups is 3. The van der Waals surface area contributed by atoms with Crippen molar-refractivity contribution >= 4 is 64.4 Å². The minimum atomic E-state index is -1.14. The molecule has 14 heteroatoms. The van der Waals surface area contributed by atoms with Crippen molar-refractivity contribution in [3.63, 3.8) is 0 Å². The summed E-state index contributed by atoms with van der Waals surface area (Å²) in [5.41, 5.74) is 0.667. The highest BCUT2D eigenvalue weighted by Gasteiger charge is 2.54. The third kappa shape index (κ3) is 4.47. The Labute approximate surface area is 194 Å². The summed E-state index contributed by atoms with van der Waals surface area (Å²) in [7, 11) is 0. The number of aryl methyl sites for hydroxylation is 1. The number of nitrogens with one attached hydrogen (secondary N) is 1. The van der Waals surface area contributed by atoms with Gasteiger partial charge >= 0.3 is 5.97 Å². The molecule has 2 atom stereocenters. The lowest BCUT2D eigenvalue weighted by Crippen LogP contribution is -2.70. The lowest BCUT2D eigenvalue weighted by Gasteiger charge is -2.49. The van der Waals surface area contributed by atoms with Crippen molar-refractivity contribution in [2.45, 2.75) is 34.4 Å². The van der Waals surface area contributed by atoms with Crippen molar-refractivity contribution in [2.24, 2.45) is 0 Å². The van der Waals surface area contributed by atoms with E-state index in [1.165, 1.54) is 51.5 Å². The van der Waals surface area contributed by atoms with Crippen LogP contribution in [0.2, 0.25) is 0 Å². The number of carboxylic acids is 1. The Kier molecular flexibility index (Phi) is 6.60. The summed E-state index contributed by atoms with van der Waals surface area (Å²) < 4.78 is 2.45. The van der Waals surface area contributed by atoms with Gasteiger partial charge in [-0.15, -0.1) is 22.0 Å². The first-order chi connectivity index (χ1) is 14.9. The smallest absolute Gasteiger partial charge is 0.352 e. The van der Waals surface area contributed by atoms with Gasteiger partial charge in [-0.1, -0.05) is 34.9 Å². The second-order valence-corrected chi connectivity index (χ2v) is 10.9. The van der Waals surface area contributed by atoms with Crippen LogP contribution >= 0.6 is 46.6 Å². The van der Waals surface area contributed by atoms with E-state index in [1.54, 1.807) is 17.0 Å². The largest absolute Gasteiger partial charge is 0.477 e. The second-order valence-electron chi connectivity index (χ2n) is 6.63. The van der Waals surface area contributed by atoms with E-state index < -0.39 is 23.3 Å². The van der Waals surface area contributed by atoms with Gasteiger partial charge in [-0.2, -0.15) is 0 Å². The normalized spacial score (nSPS) is 20.5. The monoisotopic (exact) mass is 498 g/mol. The van der Waals surface area contributed by atoms with Crippen LogP contribution in [0.3, 0.4) is 0 Å². The van der Waals surface area contributed by atoms with E-state index in [4.69, 9.17) is 0 Å². The first-order valence-corrected chi connectivity index (χ1v) is 13.1. The lowest BCUT2D eigenvalue weighted by atomic mass is 10.0. The lowest BCUT2D eigenvalue weighted by molar-refractivity contribution is -0.150. The van der Waals surface area contributed by atoms with Crippen molar-refractivity contribution in [2.75, 3.05) is 17.8 Å². The van der Waals surface area contributed by atoms with Crippen LogP contribution < -0.4 is 5.32 Å². The Hall–Kier alpha value is -2.03. The molecule has 2 aromatic heterocycles. The van der Waals surface area contributed by atoms with Crippen LogP contribution in [-0.2, 0) is 20.9 Å². The highest BCUT2D eigenvalue weighted by molar-refractivity contribution is 8.01. The molecule has 1 fully saturated rings. The number of aromatic nitrogens is 4. The molecule has 0 radical (unpaired) electrons. The van der Waals surface area contributed by atoms with Crippen LogP contribution in [0.15, 0.2) is 33.2 Å². The number of aliphatic carboxylic acids is 1. The van der Waals surface area contributed by atoms with Gasteiger partial charge in [0, 0.05) is 23.9 Å². The van der Waals surface area contributed by atoms with E-state index in [2.05, 4.69) is 20.5 Å². The molecule has 2 unspecified atom stereocenters. The standard InChI is InChI=1S/C17H18N6O4S4/c1-8-20-21-17(31-8)30-7-9-6-29-14-11(13(25)23(14)12(9)15(26)27)19-10(24)5-22-4-3-18-16(22)28-2/h3-4,11,14H,5-7H2,1-2H3,(H,19,24)(H,26,27). The summed E-state index contributed by atoms with van der Waals surface area (Å²) in [4.78, 5) is 42.6. The first kappa shape index (κ1) is 22.2. The summed E-state index contributed by atoms with van der Waals surface area (Å²) in [5.74, 6) is -0.996. The fraction of sp³-hybridized carbons (Fsp3) is 0.412. The Morgan fingerprint density at radius 2 is 2.19 bits per heavy atom. The van der Waals surface area contributed by atoms with Gasteiger partial charge < -0.3 is 15.0 Å². The van der Waals surface area contributed by atoms with Gasteiger partial charge in [-0.3, -0.25) is 14.5 Å². The molecule has 4 rings (SSSR count). The zero-order chi connectivity index (χ0) is 22.1. The number of β-lactam (4-membered cyclic amide) rings is 1. The van der Waals surface area contributed by atoms with Gasteiger partial charge in [0.2, 0.25) is 5.91 Å². The molecule has 0 saturated carbocycles. The fourth-order valence-electron chi connectivity index (χ4n) is 3.26. The highest BCUT2D eigenvalue weighted by atomic mass is 32.2. The van der Waals surface area contributed by atoms with Gasteiger partial charge in [0.25, 0.3) is 5.91 Å².